The standard InChI is InChI=1S/C16H25N/c1-6-11(4)14(8-3)16-12(5)15(17)10-9-13(16)7-2/h9-10H,6-8,17H2,1-5H3/b14-11-. The predicted molar refractivity (Wildman–Crippen MR) is 78.1 cm³/mol. The van der Waals surface area contributed by atoms with Crippen molar-refractivity contribution < 1.29 is 0 Å². The van der Waals surface area contributed by atoms with E-state index in [1.807, 2.05) is 6.07 Å². The quantitative estimate of drug-likeness (QED) is 0.745. The summed E-state index contributed by atoms with van der Waals surface area (Å²) in [6.45, 7) is 11.0. The average molecular weight is 231 g/mol. The Morgan fingerprint density at radius 3 is 2.24 bits per heavy atom. The molecule has 0 radical (unpaired) electrons. The molecule has 0 saturated heterocycles. The van der Waals surface area contributed by atoms with Crippen LogP contribution in [0, 0.1) is 6.92 Å². The topological polar surface area (TPSA) is 26.0 Å². The molecule has 0 aliphatic rings. The van der Waals surface area contributed by atoms with Crippen molar-refractivity contribution >= 4 is 11.3 Å². The van der Waals surface area contributed by atoms with Gasteiger partial charge in [0.15, 0.2) is 0 Å². The summed E-state index contributed by atoms with van der Waals surface area (Å²) in [5.41, 5.74) is 14.0. The maximum Gasteiger partial charge on any atom is 0.0350 e. The van der Waals surface area contributed by atoms with E-state index in [1.54, 1.807) is 0 Å². The number of benzene rings is 1. The van der Waals surface area contributed by atoms with Crippen LogP contribution in [0.5, 0.6) is 0 Å². The number of allylic oxidation sites excluding steroid dienone is 2. The second-order valence-corrected chi connectivity index (χ2v) is 4.63. The monoisotopic (exact) mass is 231 g/mol. The zero-order chi connectivity index (χ0) is 13.0. The maximum atomic E-state index is 6.06. The Morgan fingerprint density at radius 1 is 1.12 bits per heavy atom. The predicted octanol–water partition coefficient (Wildman–Crippen LogP) is 4.73. The van der Waals surface area contributed by atoms with Crippen molar-refractivity contribution in [3.63, 3.8) is 0 Å². The normalized spacial score (nSPS) is 12.5. The molecular formula is C16H25N. The first-order valence-corrected chi connectivity index (χ1v) is 6.63. The van der Waals surface area contributed by atoms with Gasteiger partial charge in [-0.1, -0.05) is 32.4 Å². The average Bonchev–Trinajstić information content (AvgIpc) is 2.35. The highest BCUT2D eigenvalue weighted by atomic mass is 14.6. The highest BCUT2D eigenvalue weighted by Crippen LogP contribution is 2.32. The Hall–Kier alpha value is -1.24. The van der Waals surface area contributed by atoms with Gasteiger partial charge in [-0.2, -0.15) is 0 Å². The molecule has 0 bridgehead atoms. The van der Waals surface area contributed by atoms with E-state index in [-0.39, 0.29) is 0 Å². The second-order valence-electron chi connectivity index (χ2n) is 4.63. The second kappa shape index (κ2) is 5.90. The van der Waals surface area contributed by atoms with Crippen LogP contribution < -0.4 is 5.73 Å². The van der Waals surface area contributed by atoms with Crippen molar-refractivity contribution in [2.75, 3.05) is 5.73 Å². The molecule has 1 nitrogen and oxygen atoms in total. The van der Waals surface area contributed by atoms with Gasteiger partial charge < -0.3 is 5.73 Å². The highest BCUT2D eigenvalue weighted by molar-refractivity contribution is 5.76. The van der Waals surface area contributed by atoms with Crippen LogP contribution in [0.15, 0.2) is 17.7 Å². The Kier molecular flexibility index (Phi) is 4.80. The van der Waals surface area contributed by atoms with Crippen LogP contribution in [0.2, 0.25) is 0 Å². The SMILES string of the molecule is CC/C(C)=C(/CC)c1c(CC)ccc(N)c1C. The van der Waals surface area contributed by atoms with Crippen LogP contribution in [0.3, 0.4) is 0 Å². The lowest BCUT2D eigenvalue weighted by atomic mass is 9.88. The van der Waals surface area contributed by atoms with Crippen LogP contribution in [0.25, 0.3) is 5.57 Å². The Labute approximate surface area is 106 Å². The minimum absolute atomic E-state index is 0.909. The van der Waals surface area contributed by atoms with Crippen LogP contribution >= 0.6 is 0 Å². The van der Waals surface area contributed by atoms with E-state index in [9.17, 15) is 0 Å². The van der Waals surface area contributed by atoms with Crippen molar-refractivity contribution in [2.24, 2.45) is 0 Å². The van der Waals surface area contributed by atoms with Crippen molar-refractivity contribution in [1.29, 1.82) is 0 Å². The molecule has 0 saturated carbocycles. The summed E-state index contributed by atoms with van der Waals surface area (Å²) in [5, 5.41) is 0. The summed E-state index contributed by atoms with van der Waals surface area (Å²) in [5.74, 6) is 0. The first-order valence-electron chi connectivity index (χ1n) is 6.63. The lowest BCUT2D eigenvalue weighted by molar-refractivity contribution is 1.05. The molecule has 1 aromatic rings. The first kappa shape index (κ1) is 13.8. The maximum absolute atomic E-state index is 6.06. The van der Waals surface area contributed by atoms with Gasteiger partial charge in [-0.05, 0) is 61.4 Å². The summed E-state index contributed by atoms with van der Waals surface area (Å²) in [6, 6.07) is 4.21. The van der Waals surface area contributed by atoms with E-state index in [0.717, 1.165) is 24.9 Å². The number of hydrogen-bond acceptors (Lipinski definition) is 1. The minimum Gasteiger partial charge on any atom is -0.398 e. The molecule has 0 aromatic heterocycles. The van der Waals surface area contributed by atoms with Crippen LogP contribution in [-0.4, -0.2) is 0 Å². The number of hydrogen-bond donors (Lipinski definition) is 1. The van der Waals surface area contributed by atoms with E-state index < -0.39 is 0 Å². The van der Waals surface area contributed by atoms with E-state index in [1.165, 1.54) is 27.8 Å². The molecule has 0 aliphatic heterocycles. The molecule has 17 heavy (non-hydrogen) atoms. The van der Waals surface area contributed by atoms with Gasteiger partial charge in [0.1, 0.15) is 0 Å². The summed E-state index contributed by atoms with van der Waals surface area (Å²) in [7, 11) is 0. The summed E-state index contributed by atoms with van der Waals surface area (Å²) in [4.78, 5) is 0. The molecule has 1 aromatic carbocycles. The molecule has 0 fully saturated rings. The first-order chi connectivity index (χ1) is 8.06. The fourth-order valence-corrected chi connectivity index (χ4v) is 2.40. The summed E-state index contributed by atoms with van der Waals surface area (Å²) < 4.78 is 0. The summed E-state index contributed by atoms with van der Waals surface area (Å²) in [6.07, 6.45) is 3.26. The summed E-state index contributed by atoms with van der Waals surface area (Å²) >= 11 is 0. The smallest absolute Gasteiger partial charge is 0.0350 e. The number of anilines is 1. The zero-order valence-electron chi connectivity index (χ0n) is 11.9. The van der Waals surface area contributed by atoms with Gasteiger partial charge in [0.05, 0.1) is 0 Å². The van der Waals surface area contributed by atoms with Gasteiger partial charge in [0.2, 0.25) is 0 Å². The van der Waals surface area contributed by atoms with E-state index >= 15 is 0 Å². The molecule has 0 amide bonds. The third kappa shape index (κ3) is 2.71. The fourth-order valence-electron chi connectivity index (χ4n) is 2.40. The Balaban J connectivity index is 3.52. The zero-order valence-corrected chi connectivity index (χ0v) is 11.9. The van der Waals surface area contributed by atoms with Crippen LogP contribution in [0.1, 0.15) is 57.2 Å². The van der Waals surface area contributed by atoms with Crippen molar-refractivity contribution in [3.05, 3.63) is 34.4 Å². The van der Waals surface area contributed by atoms with Crippen molar-refractivity contribution in [3.8, 4) is 0 Å². The minimum atomic E-state index is 0.909. The number of rotatable bonds is 4. The largest absolute Gasteiger partial charge is 0.398 e. The fraction of sp³-hybridized carbons (Fsp3) is 0.500. The Bertz CT molecular complexity index is 427. The molecular weight excluding hydrogens is 206 g/mol. The lowest BCUT2D eigenvalue weighted by Gasteiger charge is -2.18. The van der Waals surface area contributed by atoms with Crippen LogP contribution in [0.4, 0.5) is 5.69 Å². The number of nitrogen functional groups attached to an aromatic ring is 1. The van der Waals surface area contributed by atoms with Gasteiger partial charge in [0.25, 0.3) is 0 Å². The third-order valence-corrected chi connectivity index (χ3v) is 3.67. The molecule has 0 unspecified atom stereocenters. The van der Waals surface area contributed by atoms with E-state index in [0.29, 0.717) is 0 Å². The van der Waals surface area contributed by atoms with Crippen LogP contribution in [-0.2, 0) is 6.42 Å². The molecule has 2 N–H and O–H groups in total. The lowest BCUT2D eigenvalue weighted by Crippen LogP contribution is -2.01. The van der Waals surface area contributed by atoms with Gasteiger partial charge in [-0.25, -0.2) is 0 Å². The molecule has 94 valence electrons. The van der Waals surface area contributed by atoms with Crippen molar-refractivity contribution in [1.82, 2.24) is 0 Å². The van der Waals surface area contributed by atoms with E-state index in [4.69, 9.17) is 5.73 Å². The van der Waals surface area contributed by atoms with Gasteiger partial charge in [-0.15, -0.1) is 0 Å². The molecule has 0 aliphatic carbocycles. The molecule has 0 spiro atoms. The molecule has 0 heterocycles. The van der Waals surface area contributed by atoms with E-state index in [2.05, 4.69) is 40.7 Å². The number of nitrogens with two attached hydrogens (primary N) is 1. The van der Waals surface area contributed by atoms with Gasteiger partial charge in [0, 0.05) is 5.69 Å². The third-order valence-electron chi connectivity index (χ3n) is 3.67. The van der Waals surface area contributed by atoms with Gasteiger partial charge in [-0.3, -0.25) is 0 Å². The highest BCUT2D eigenvalue weighted by Gasteiger charge is 2.12. The number of aryl methyl sites for hydroxylation is 1. The Morgan fingerprint density at radius 2 is 1.76 bits per heavy atom. The van der Waals surface area contributed by atoms with Crippen molar-refractivity contribution in [2.45, 2.75) is 53.9 Å². The molecule has 1 heteroatoms. The molecule has 0 atom stereocenters. The van der Waals surface area contributed by atoms with Gasteiger partial charge >= 0.3 is 0 Å². The molecule has 1 rings (SSSR count).